The summed E-state index contributed by atoms with van der Waals surface area (Å²) in [6.07, 6.45) is 0. The van der Waals surface area contributed by atoms with Gasteiger partial charge in [-0.3, -0.25) is 4.79 Å². The molecule has 0 N–H and O–H groups in total. The van der Waals surface area contributed by atoms with Gasteiger partial charge in [0.25, 0.3) is 5.91 Å². The van der Waals surface area contributed by atoms with E-state index in [0.717, 1.165) is 36.0 Å². The van der Waals surface area contributed by atoms with Gasteiger partial charge in [0.1, 0.15) is 24.0 Å². The first kappa shape index (κ1) is 22.8. The molecule has 0 unspecified atom stereocenters. The first-order valence-electron chi connectivity index (χ1n) is 11.6. The molecule has 1 saturated heterocycles. The molecule has 172 valence electrons. The van der Waals surface area contributed by atoms with E-state index in [4.69, 9.17) is 9.72 Å². The quantitative estimate of drug-likeness (QED) is 0.549. The van der Waals surface area contributed by atoms with Crippen LogP contribution in [0.1, 0.15) is 52.8 Å². The lowest BCUT2D eigenvalue weighted by molar-refractivity contribution is 0.0746. The van der Waals surface area contributed by atoms with Crippen LogP contribution < -0.4 is 9.64 Å². The summed E-state index contributed by atoms with van der Waals surface area (Å²) in [5.41, 5.74) is 3.95. The zero-order valence-corrected chi connectivity index (χ0v) is 19.9. The normalized spacial score (nSPS) is 14.0. The molecule has 0 spiro atoms. The molecule has 1 aliphatic heterocycles. The first-order valence-corrected chi connectivity index (χ1v) is 11.6. The fraction of sp³-hybridized carbons (Fsp3) is 0.370. The van der Waals surface area contributed by atoms with Gasteiger partial charge in [-0.1, -0.05) is 49.7 Å². The molecule has 1 amide bonds. The summed E-state index contributed by atoms with van der Waals surface area (Å²) in [4.78, 5) is 26.6. The molecule has 0 atom stereocenters. The van der Waals surface area contributed by atoms with Crippen molar-refractivity contribution in [2.24, 2.45) is 0 Å². The molecule has 1 aliphatic rings. The van der Waals surface area contributed by atoms with E-state index in [1.54, 1.807) is 0 Å². The molecule has 2 aromatic carbocycles. The fourth-order valence-corrected chi connectivity index (χ4v) is 4.00. The number of hydrogen-bond acceptors (Lipinski definition) is 5. The second kappa shape index (κ2) is 10.0. The van der Waals surface area contributed by atoms with Crippen LogP contribution in [0.4, 0.5) is 5.82 Å². The van der Waals surface area contributed by atoms with E-state index in [-0.39, 0.29) is 11.8 Å². The number of carbonyl (C=O) groups excluding carboxylic acids is 1. The average Bonchev–Trinajstić information content (AvgIpc) is 2.82. The van der Waals surface area contributed by atoms with E-state index in [1.807, 2.05) is 54.3 Å². The largest absolute Gasteiger partial charge is 0.489 e. The van der Waals surface area contributed by atoms with Crippen LogP contribution >= 0.6 is 0 Å². The van der Waals surface area contributed by atoms with Gasteiger partial charge < -0.3 is 14.5 Å². The third-order valence-electron chi connectivity index (χ3n) is 5.83. The van der Waals surface area contributed by atoms with Gasteiger partial charge in [0.15, 0.2) is 0 Å². The minimum atomic E-state index is 0.0393. The van der Waals surface area contributed by atoms with E-state index in [2.05, 4.69) is 42.8 Å². The number of anilines is 1. The molecule has 0 radical (unpaired) electrons. The van der Waals surface area contributed by atoms with Crippen LogP contribution in [0.25, 0.3) is 0 Å². The molecule has 6 heteroatoms. The van der Waals surface area contributed by atoms with Crippen LogP contribution in [0.2, 0.25) is 0 Å². The van der Waals surface area contributed by atoms with E-state index in [1.165, 1.54) is 5.56 Å². The Hall–Kier alpha value is -3.41. The maximum atomic E-state index is 13.1. The van der Waals surface area contributed by atoms with Crippen LogP contribution in [0.15, 0.2) is 54.6 Å². The highest BCUT2D eigenvalue weighted by atomic mass is 16.5. The van der Waals surface area contributed by atoms with Gasteiger partial charge in [-0.05, 0) is 37.6 Å². The molecule has 6 nitrogen and oxygen atoms in total. The van der Waals surface area contributed by atoms with Crippen LogP contribution in [0.3, 0.4) is 0 Å². The van der Waals surface area contributed by atoms with Crippen molar-refractivity contribution in [3.8, 4) is 5.75 Å². The van der Waals surface area contributed by atoms with Gasteiger partial charge in [0.2, 0.25) is 0 Å². The van der Waals surface area contributed by atoms with Crippen LogP contribution in [-0.2, 0) is 6.61 Å². The molecule has 33 heavy (non-hydrogen) atoms. The summed E-state index contributed by atoms with van der Waals surface area (Å²) in [7, 11) is 0. The van der Waals surface area contributed by atoms with Gasteiger partial charge >= 0.3 is 0 Å². The molecule has 1 aromatic heterocycles. The third kappa shape index (κ3) is 5.69. The first-order chi connectivity index (χ1) is 15.9. The van der Waals surface area contributed by atoms with Crippen molar-refractivity contribution in [1.82, 2.24) is 14.9 Å². The number of aromatic nitrogens is 2. The summed E-state index contributed by atoms with van der Waals surface area (Å²) in [5, 5.41) is 0. The Morgan fingerprint density at radius 3 is 2.45 bits per heavy atom. The Kier molecular flexibility index (Phi) is 6.92. The number of amides is 1. The van der Waals surface area contributed by atoms with Crippen LogP contribution in [0.5, 0.6) is 5.75 Å². The monoisotopic (exact) mass is 444 g/mol. The number of benzene rings is 2. The van der Waals surface area contributed by atoms with Gasteiger partial charge in [-0.25, -0.2) is 9.97 Å². The number of ether oxygens (including phenoxy) is 1. The summed E-state index contributed by atoms with van der Waals surface area (Å²) < 4.78 is 5.95. The van der Waals surface area contributed by atoms with E-state index < -0.39 is 0 Å². The molecular formula is C27H32N4O2. The van der Waals surface area contributed by atoms with Gasteiger partial charge in [-0.15, -0.1) is 0 Å². The van der Waals surface area contributed by atoms with Gasteiger partial charge in [0.05, 0.1) is 0 Å². The number of piperazine rings is 1. The minimum Gasteiger partial charge on any atom is -0.489 e. The molecule has 0 saturated carbocycles. The zero-order chi connectivity index (χ0) is 23.4. The molecule has 0 bridgehead atoms. The van der Waals surface area contributed by atoms with Gasteiger partial charge in [0, 0.05) is 49.4 Å². The van der Waals surface area contributed by atoms with Crippen molar-refractivity contribution < 1.29 is 9.53 Å². The molecule has 2 heterocycles. The lowest BCUT2D eigenvalue weighted by Crippen LogP contribution is -2.49. The topological polar surface area (TPSA) is 58.6 Å². The second-order valence-electron chi connectivity index (χ2n) is 8.97. The SMILES string of the molecule is Cc1cccc(COc2cccc(C(=O)N3CCN(c4cc(C)nc(C(C)C)n4)CC3)c2)c1. The second-order valence-corrected chi connectivity index (χ2v) is 8.97. The molecule has 1 fully saturated rings. The van der Waals surface area contributed by atoms with E-state index in [0.29, 0.717) is 31.0 Å². The Morgan fingerprint density at radius 2 is 1.73 bits per heavy atom. The Morgan fingerprint density at radius 1 is 0.970 bits per heavy atom. The number of nitrogens with zero attached hydrogens (tertiary/aromatic N) is 4. The summed E-state index contributed by atoms with van der Waals surface area (Å²) >= 11 is 0. The summed E-state index contributed by atoms with van der Waals surface area (Å²) in [5.74, 6) is 2.85. The van der Waals surface area contributed by atoms with E-state index in [9.17, 15) is 4.79 Å². The highest BCUT2D eigenvalue weighted by Crippen LogP contribution is 2.21. The molecule has 4 rings (SSSR count). The minimum absolute atomic E-state index is 0.0393. The van der Waals surface area contributed by atoms with E-state index >= 15 is 0 Å². The predicted molar refractivity (Wildman–Crippen MR) is 131 cm³/mol. The average molecular weight is 445 g/mol. The summed E-state index contributed by atoms with van der Waals surface area (Å²) in [6.45, 7) is 11.6. The maximum absolute atomic E-state index is 13.1. The standard InChI is InChI=1S/C27H32N4O2/c1-19(2)26-28-21(4)16-25(29-26)30-11-13-31(14-12-30)27(32)23-9-6-10-24(17-23)33-18-22-8-5-7-20(3)15-22/h5-10,15-17,19H,11-14,18H2,1-4H3. The molecule has 0 aliphatic carbocycles. The number of aryl methyl sites for hydroxylation is 2. The number of carbonyl (C=O) groups is 1. The Labute approximate surface area is 196 Å². The van der Waals surface area contributed by atoms with Crippen molar-refractivity contribution in [3.05, 3.63) is 82.8 Å². The van der Waals surface area contributed by atoms with Crippen molar-refractivity contribution >= 4 is 11.7 Å². The number of hydrogen-bond donors (Lipinski definition) is 0. The Balaban J connectivity index is 1.37. The zero-order valence-electron chi connectivity index (χ0n) is 19.9. The lowest BCUT2D eigenvalue weighted by Gasteiger charge is -2.35. The van der Waals surface area contributed by atoms with Gasteiger partial charge in [-0.2, -0.15) is 0 Å². The third-order valence-corrected chi connectivity index (χ3v) is 5.83. The van der Waals surface area contributed by atoms with Crippen molar-refractivity contribution in [2.45, 2.75) is 40.2 Å². The lowest BCUT2D eigenvalue weighted by atomic mass is 10.1. The van der Waals surface area contributed by atoms with Crippen molar-refractivity contribution in [2.75, 3.05) is 31.1 Å². The number of rotatable bonds is 6. The smallest absolute Gasteiger partial charge is 0.254 e. The molecular weight excluding hydrogens is 412 g/mol. The van der Waals surface area contributed by atoms with Crippen molar-refractivity contribution in [1.29, 1.82) is 0 Å². The molecule has 3 aromatic rings. The maximum Gasteiger partial charge on any atom is 0.254 e. The highest BCUT2D eigenvalue weighted by Gasteiger charge is 2.24. The predicted octanol–water partition coefficient (Wildman–Crippen LogP) is 4.76. The van der Waals surface area contributed by atoms with Crippen LogP contribution in [0, 0.1) is 13.8 Å². The Bertz CT molecular complexity index is 1120. The highest BCUT2D eigenvalue weighted by molar-refractivity contribution is 5.94. The van der Waals surface area contributed by atoms with Crippen molar-refractivity contribution in [3.63, 3.8) is 0 Å². The fourth-order valence-electron chi connectivity index (χ4n) is 4.00. The summed E-state index contributed by atoms with van der Waals surface area (Å²) in [6, 6.07) is 17.8. The van der Waals surface area contributed by atoms with Crippen LogP contribution in [-0.4, -0.2) is 47.0 Å².